The summed E-state index contributed by atoms with van der Waals surface area (Å²) in [6.07, 6.45) is 1.87. The average molecular weight is 313 g/mol. The van der Waals surface area contributed by atoms with Crippen LogP contribution in [0.1, 0.15) is 42.6 Å². The van der Waals surface area contributed by atoms with Crippen LogP contribution >= 0.6 is 11.6 Å². The quantitative estimate of drug-likeness (QED) is 0.474. The molecule has 0 bridgehead atoms. The molecule has 0 radical (unpaired) electrons. The maximum atomic E-state index is 12.2. The zero-order valence-electron chi connectivity index (χ0n) is 12.6. The Morgan fingerprint density at radius 3 is 2.52 bits per heavy atom. The lowest BCUT2D eigenvalue weighted by Crippen LogP contribution is -2.33. The molecule has 1 rings (SSSR count). The fourth-order valence-electron chi connectivity index (χ4n) is 2.34. The van der Waals surface area contributed by atoms with E-state index in [-0.39, 0.29) is 16.6 Å². The van der Waals surface area contributed by atoms with Gasteiger partial charge in [0.15, 0.2) is 0 Å². The minimum atomic E-state index is -0.524. The van der Waals surface area contributed by atoms with Crippen molar-refractivity contribution in [1.82, 2.24) is 5.32 Å². The van der Waals surface area contributed by atoms with Crippen molar-refractivity contribution in [2.24, 2.45) is 5.92 Å². The maximum Gasteiger partial charge on any atom is 0.285 e. The summed E-state index contributed by atoms with van der Waals surface area (Å²) in [5, 5.41) is 13.6. The van der Waals surface area contributed by atoms with Crippen LogP contribution in [0.5, 0.6) is 0 Å². The fraction of sp³-hybridized carbons (Fsp3) is 0.533. The molecule has 6 heteroatoms. The predicted molar refractivity (Wildman–Crippen MR) is 83.9 cm³/mol. The van der Waals surface area contributed by atoms with Gasteiger partial charge in [0.2, 0.25) is 0 Å². The molecule has 1 atom stereocenters. The number of amides is 1. The van der Waals surface area contributed by atoms with Crippen LogP contribution in [0.15, 0.2) is 18.2 Å². The first kappa shape index (κ1) is 17.4. The second kappa shape index (κ2) is 7.98. The third kappa shape index (κ3) is 4.43. The Labute approximate surface area is 129 Å². The van der Waals surface area contributed by atoms with Crippen molar-refractivity contribution < 1.29 is 9.72 Å². The average Bonchev–Trinajstić information content (AvgIpc) is 2.45. The number of nitrogens with zero attached hydrogens (tertiary/aromatic N) is 1. The monoisotopic (exact) mass is 312 g/mol. The van der Waals surface area contributed by atoms with Gasteiger partial charge in [-0.3, -0.25) is 14.9 Å². The smallest absolute Gasteiger partial charge is 0.285 e. The number of nitro groups is 1. The molecule has 0 aliphatic rings. The Morgan fingerprint density at radius 2 is 2.00 bits per heavy atom. The summed E-state index contributed by atoms with van der Waals surface area (Å²) in [5.41, 5.74) is 0.395. The molecular weight excluding hydrogens is 292 g/mol. The van der Waals surface area contributed by atoms with Gasteiger partial charge < -0.3 is 5.32 Å². The highest BCUT2D eigenvalue weighted by Gasteiger charge is 2.23. The molecule has 5 nitrogen and oxygen atoms in total. The van der Waals surface area contributed by atoms with Gasteiger partial charge in [0, 0.05) is 12.1 Å². The molecule has 1 amide bonds. The molecule has 0 saturated heterocycles. The molecule has 0 heterocycles. The minimum Gasteiger partial charge on any atom is -0.350 e. The van der Waals surface area contributed by atoms with Crippen LogP contribution in [0, 0.1) is 23.0 Å². The van der Waals surface area contributed by atoms with Gasteiger partial charge in [0.25, 0.3) is 11.6 Å². The number of benzene rings is 1. The SMILES string of the molecule is CCC(CC)C(Cl)CNC(=O)c1cccc(C)c1[N+](=O)[O-]. The lowest BCUT2D eigenvalue weighted by molar-refractivity contribution is -0.385. The molecule has 1 N–H and O–H groups in total. The fourth-order valence-corrected chi connectivity index (χ4v) is 2.77. The van der Waals surface area contributed by atoms with Gasteiger partial charge in [-0.05, 0) is 18.9 Å². The van der Waals surface area contributed by atoms with Crippen LogP contribution in [-0.4, -0.2) is 22.8 Å². The largest absolute Gasteiger partial charge is 0.350 e. The van der Waals surface area contributed by atoms with E-state index < -0.39 is 10.8 Å². The number of aryl methyl sites for hydroxylation is 1. The van der Waals surface area contributed by atoms with E-state index in [1.54, 1.807) is 19.1 Å². The number of carbonyl (C=O) groups excluding carboxylic acids is 1. The number of nitro benzene ring substituents is 1. The van der Waals surface area contributed by atoms with Gasteiger partial charge in [-0.2, -0.15) is 0 Å². The molecule has 21 heavy (non-hydrogen) atoms. The Balaban J connectivity index is 2.82. The van der Waals surface area contributed by atoms with E-state index in [4.69, 9.17) is 11.6 Å². The van der Waals surface area contributed by atoms with Crippen LogP contribution in [-0.2, 0) is 0 Å². The van der Waals surface area contributed by atoms with Crippen molar-refractivity contribution in [2.75, 3.05) is 6.54 Å². The number of hydrogen-bond acceptors (Lipinski definition) is 3. The number of halogens is 1. The third-order valence-electron chi connectivity index (χ3n) is 3.68. The molecule has 1 unspecified atom stereocenters. The lowest BCUT2D eigenvalue weighted by Gasteiger charge is -2.19. The van der Waals surface area contributed by atoms with Crippen molar-refractivity contribution in [2.45, 2.75) is 39.0 Å². The highest BCUT2D eigenvalue weighted by atomic mass is 35.5. The lowest BCUT2D eigenvalue weighted by atomic mass is 9.99. The van der Waals surface area contributed by atoms with Crippen molar-refractivity contribution in [3.05, 3.63) is 39.4 Å². The molecule has 1 aromatic rings. The Kier molecular flexibility index (Phi) is 6.62. The van der Waals surface area contributed by atoms with E-state index in [1.165, 1.54) is 6.07 Å². The molecule has 0 aromatic heterocycles. The zero-order valence-corrected chi connectivity index (χ0v) is 13.3. The van der Waals surface area contributed by atoms with Crippen LogP contribution in [0.2, 0.25) is 0 Å². The topological polar surface area (TPSA) is 72.2 Å². The summed E-state index contributed by atoms with van der Waals surface area (Å²) in [4.78, 5) is 22.7. The van der Waals surface area contributed by atoms with E-state index in [9.17, 15) is 14.9 Å². The maximum absolute atomic E-state index is 12.2. The molecule has 0 aliphatic heterocycles. The third-order valence-corrected chi connectivity index (χ3v) is 4.19. The second-order valence-electron chi connectivity index (χ2n) is 5.03. The molecule has 116 valence electrons. The van der Waals surface area contributed by atoms with Gasteiger partial charge in [0.1, 0.15) is 5.56 Å². The zero-order chi connectivity index (χ0) is 16.0. The molecule has 0 aliphatic carbocycles. The normalized spacial score (nSPS) is 12.2. The summed E-state index contributed by atoms with van der Waals surface area (Å²) in [7, 11) is 0. The second-order valence-corrected chi connectivity index (χ2v) is 5.59. The Bertz CT molecular complexity index is 516. The van der Waals surface area contributed by atoms with E-state index in [2.05, 4.69) is 19.2 Å². The Hall–Kier alpha value is -1.62. The van der Waals surface area contributed by atoms with E-state index in [0.29, 0.717) is 18.0 Å². The van der Waals surface area contributed by atoms with Crippen LogP contribution in [0.3, 0.4) is 0 Å². The van der Waals surface area contributed by atoms with Crippen molar-refractivity contribution >= 4 is 23.2 Å². The van der Waals surface area contributed by atoms with Gasteiger partial charge in [-0.15, -0.1) is 11.6 Å². The first-order valence-corrected chi connectivity index (χ1v) is 7.52. The summed E-state index contributed by atoms with van der Waals surface area (Å²) in [5.74, 6) is -0.138. The van der Waals surface area contributed by atoms with Crippen molar-refractivity contribution in [3.8, 4) is 0 Å². The van der Waals surface area contributed by atoms with Gasteiger partial charge >= 0.3 is 0 Å². The molecule has 1 aromatic carbocycles. The van der Waals surface area contributed by atoms with Crippen molar-refractivity contribution in [1.29, 1.82) is 0 Å². The highest BCUT2D eigenvalue weighted by molar-refractivity contribution is 6.21. The highest BCUT2D eigenvalue weighted by Crippen LogP contribution is 2.23. The number of rotatable bonds is 7. The molecule has 0 saturated carbocycles. The number of hydrogen-bond donors (Lipinski definition) is 1. The Morgan fingerprint density at radius 1 is 1.38 bits per heavy atom. The molecule has 0 spiro atoms. The van der Waals surface area contributed by atoms with Gasteiger partial charge in [-0.25, -0.2) is 0 Å². The van der Waals surface area contributed by atoms with Crippen LogP contribution in [0.4, 0.5) is 5.69 Å². The first-order chi connectivity index (χ1) is 9.92. The number of para-hydroxylation sites is 1. The summed E-state index contributed by atoms with van der Waals surface area (Å²) in [6, 6.07) is 4.71. The van der Waals surface area contributed by atoms with Crippen LogP contribution < -0.4 is 5.32 Å². The minimum absolute atomic E-state index is 0.0772. The predicted octanol–water partition coefficient (Wildman–Crippen LogP) is 3.68. The van der Waals surface area contributed by atoms with E-state index in [1.807, 2.05) is 0 Å². The molecular formula is C15H21ClN2O3. The first-order valence-electron chi connectivity index (χ1n) is 7.08. The van der Waals surface area contributed by atoms with E-state index in [0.717, 1.165) is 12.8 Å². The van der Waals surface area contributed by atoms with Crippen molar-refractivity contribution in [3.63, 3.8) is 0 Å². The summed E-state index contributed by atoms with van der Waals surface area (Å²) < 4.78 is 0. The van der Waals surface area contributed by atoms with E-state index >= 15 is 0 Å². The summed E-state index contributed by atoms with van der Waals surface area (Å²) in [6.45, 7) is 6.02. The summed E-state index contributed by atoms with van der Waals surface area (Å²) >= 11 is 6.26. The number of carbonyl (C=O) groups is 1. The van der Waals surface area contributed by atoms with Gasteiger partial charge in [0.05, 0.1) is 10.3 Å². The number of nitrogens with one attached hydrogen (secondary N) is 1. The van der Waals surface area contributed by atoms with Gasteiger partial charge in [-0.1, -0.05) is 38.8 Å². The molecule has 0 fully saturated rings. The number of alkyl halides is 1. The standard InChI is InChI=1S/C15H21ClN2O3/c1-4-11(5-2)13(16)9-17-15(19)12-8-6-7-10(3)14(12)18(20)21/h6-8,11,13H,4-5,9H2,1-3H3,(H,17,19). The van der Waals surface area contributed by atoms with Crippen LogP contribution in [0.25, 0.3) is 0 Å².